The Labute approximate surface area is 198 Å². The Bertz CT molecular complexity index is 644. The summed E-state index contributed by atoms with van der Waals surface area (Å²) in [4.78, 5) is 8.25. The summed E-state index contributed by atoms with van der Waals surface area (Å²) in [5, 5.41) is 6.38. The summed E-state index contributed by atoms with van der Waals surface area (Å²) in [6.45, 7) is 5.39. The van der Waals surface area contributed by atoms with Crippen LogP contribution in [0.25, 0.3) is 0 Å². The van der Waals surface area contributed by atoms with Gasteiger partial charge in [-0.15, -0.1) is 24.0 Å². The first-order valence-corrected chi connectivity index (χ1v) is 10.3. The predicted molar refractivity (Wildman–Crippen MR) is 123 cm³/mol. The number of halogens is 4. The SMILES string of the molecule is CCNC(=NCc1ccnc(OCC(F)(F)F)c1)NCCCOCC1CCOCC1.I. The summed E-state index contributed by atoms with van der Waals surface area (Å²) < 4.78 is 52.6. The van der Waals surface area contributed by atoms with Crippen LogP contribution < -0.4 is 15.4 Å². The minimum atomic E-state index is -4.40. The Morgan fingerprint density at radius 3 is 2.77 bits per heavy atom. The van der Waals surface area contributed by atoms with Gasteiger partial charge in [-0.3, -0.25) is 0 Å². The molecular formula is C20H32F3IN4O3. The Morgan fingerprint density at radius 2 is 2.06 bits per heavy atom. The highest BCUT2D eigenvalue weighted by molar-refractivity contribution is 14.0. The first-order valence-electron chi connectivity index (χ1n) is 10.3. The number of nitrogens with one attached hydrogen (secondary N) is 2. The topological polar surface area (TPSA) is 77.0 Å². The lowest BCUT2D eigenvalue weighted by atomic mass is 10.0. The van der Waals surface area contributed by atoms with E-state index in [1.54, 1.807) is 6.07 Å². The number of hydrogen-bond donors (Lipinski definition) is 2. The average molecular weight is 560 g/mol. The number of nitrogens with zero attached hydrogens (tertiary/aromatic N) is 2. The smallest absolute Gasteiger partial charge is 0.422 e. The molecule has 0 aliphatic carbocycles. The maximum atomic E-state index is 12.3. The molecule has 2 heterocycles. The van der Waals surface area contributed by atoms with Crippen LogP contribution in [0.15, 0.2) is 23.3 Å². The van der Waals surface area contributed by atoms with E-state index in [1.807, 2.05) is 6.92 Å². The molecule has 0 saturated carbocycles. The number of guanidine groups is 1. The number of aromatic nitrogens is 1. The second-order valence-corrected chi connectivity index (χ2v) is 7.01. The van der Waals surface area contributed by atoms with E-state index >= 15 is 0 Å². The second-order valence-electron chi connectivity index (χ2n) is 7.01. The van der Waals surface area contributed by atoms with E-state index in [9.17, 15) is 13.2 Å². The van der Waals surface area contributed by atoms with Gasteiger partial charge in [0.2, 0.25) is 5.88 Å². The molecule has 0 atom stereocenters. The molecule has 11 heteroatoms. The molecule has 1 fully saturated rings. The first kappa shape index (κ1) is 27.7. The average Bonchev–Trinajstić information content (AvgIpc) is 2.73. The van der Waals surface area contributed by atoms with Crippen LogP contribution in [0.1, 0.15) is 31.7 Å². The fourth-order valence-corrected chi connectivity index (χ4v) is 2.84. The quantitative estimate of drug-likeness (QED) is 0.187. The molecule has 178 valence electrons. The molecule has 1 aliphatic heterocycles. The maximum absolute atomic E-state index is 12.3. The molecule has 7 nitrogen and oxygen atoms in total. The molecule has 0 aromatic carbocycles. The van der Waals surface area contributed by atoms with Gasteiger partial charge in [-0.2, -0.15) is 13.2 Å². The van der Waals surface area contributed by atoms with Gasteiger partial charge in [0.05, 0.1) is 6.54 Å². The monoisotopic (exact) mass is 560 g/mol. The Hall–Kier alpha value is -1.34. The van der Waals surface area contributed by atoms with Crippen molar-refractivity contribution in [2.45, 2.75) is 38.9 Å². The molecule has 2 N–H and O–H groups in total. The van der Waals surface area contributed by atoms with Crippen LogP contribution in [0, 0.1) is 5.92 Å². The molecule has 0 radical (unpaired) electrons. The summed E-state index contributed by atoms with van der Waals surface area (Å²) in [6.07, 6.45) is -0.0155. The van der Waals surface area contributed by atoms with Crippen molar-refractivity contribution in [2.75, 3.05) is 46.1 Å². The molecule has 0 spiro atoms. The van der Waals surface area contributed by atoms with E-state index in [-0.39, 0.29) is 29.9 Å². The zero-order valence-electron chi connectivity index (χ0n) is 17.7. The van der Waals surface area contributed by atoms with E-state index in [0.717, 1.165) is 39.1 Å². The van der Waals surface area contributed by atoms with Crippen molar-refractivity contribution in [3.63, 3.8) is 0 Å². The third-order valence-corrected chi connectivity index (χ3v) is 4.40. The number of rotatable bonds is 11. The van der Waals surface area contributed by atoms with Crippen LogP contribution in [-0.4, -0.2) is 63.2 Å². The molecule has 0 unspecified atom stereocenters. The van der Waals surface area contributed by atoms with Crippen molar-refractivity contribution in [1.29, 1.82) is 0 Å². The van der Waals surface area contributed by atoms with Crippen molar-refractivity contribution >= 4 is 29.9 Å². The number of alkyl halides is 3. The van der Waals surface area contributed by atoms with E-state index < -0.39 is 12.8 Å². The third kappa shape index (κ3) is 13.0. The largest absolute Gasteiger partial charge is 0.468 e. The highest BCUT2D eigenvalue weighted by atomic mass is 127. The second kappa shape index (κ2) is 15.5. The Kier molecular flexibility index (Phi) is 13.8. The summed E-state index contributed by atoms with van der Waals surface area (Å²) in [5.74, 6) is 1.16. The van der Waals surface area contributed by atoms with Crippen molar-refractivity contribution in [3.05, 3.63) is 23.9 Å². The highest BCUT2D eigenvalue weighted by Crippen LogP contribution is 2.18. The summed E-state index contributed by atoms with van der Waals surface area (Å²) in [6, 6.07) is 3.15. The van der Waals surface area contributed by atoms with Gasteiger partial charge in [0.1, 0.15) is 0 Å². The van der Waals surface area contributed by atoms with Crippen LogP contribution >= 0.6 is 24.0 Å². The fourth-order valence-electron chi connectivity index (χ4n) is 2.84. The number of ether oxygens (including phenoxy) is 3. The van der Waals surface area contributed by atoms with Gasteiger partial charge in [-0.25, -0.2) is 9.98 Å². The molecular weight excluding hydrogens is 528 g/mol. The number of hydrogen-bond acceptors (Lipinski definition) is 5. The van der Waals surface area contributed by atoms with Crippen molar-refractivity contribution < 1.29 is 27.4 Å². The Morgan fingerprint density at radius 1 is 1.29 bits per heavy atom. The minimum Gasteiger partial charge on any atom is -0.468 e. The zero-order chi connectivity index (χ0) is 21.7. The predicted octanol–water partition coefficient (Wildman–Crippen LogP) is 3.53. The van der Waals surface area contributed by atoms with Crippen LogP contribution in [0.2, 0.25) is 0 Å². The molecule has 1 saturated heterocycles. The zero-order valence-corrected chi connectivity index (χ0v) is 20.1. The first-order chi connectivity index (χ1) is 14.5. The van der Waals surface area contributed by atoms with Gasteiger partial charge in [0.25, 0.3) is 0 Å². The van der Waals surface area contributed by atoms with E-state index in [4.69, 9.17) is 9.47 Å². The third-order valence-electron chi connectivity index (χ3n) is 4.40. The highest BCUT2D eigenvalue weighted by Gasteiger charge is 2.28. The molecule has 1 aromatic rings. The lowest BCUT2D eigenvalue weighted by Crippen LogP contribution is -2.38. The lowest BCUT2D eigenvalue weighted by molar-refractivity contribution is -0.154. The van der Waals surface area contributed by atoms with E-state index in [0.29, 0.717) is 43.7 Å². The number of aliphatic imine (C=N–C) groups is 1. The van der Waals surface area contributed by atoms with Crippen molar-refractivity contribution in [2.24, 2.45) is 10.9 Å². The minimum absolute atomic E-state index is 0. The Balaban J connectivity index is 0.00000480. The molecule has 1 aromatic heterocycles. The van der Waals surface area contributed by atoms with E-state index in [1.165, 1.54) is 12.3 Å². The van der Waals surface area contributed by atoms with Crippen molar-refractivity contribution in [3.8, 4) is 5.88 Å². The molecule has 1 aliphatic rings. The lowest BCUT2D eigenvalue weighted by Gasteiger charge is -2.21. The van der Waals surface area contributed by atoms with E-state index in [2.05, 4.69) is 25.3 Å². The van der Waals surface area contributed by atoms with Crippen LogP contribution in [0.5, 0.6) is 5.88 Å². The standard InChI is InChI=1S/C20H31F3N4O3.HI/c1-2-24-19(26-7-3-9-29-14-16-5-10-28-11-6-16)27-13-17-4-8-25-18(12-17)30-15-20(21,22)23;/h4,8,12,16H,2-3,5-7,9-11,13-15H2,1H3,(H2,24,26,27);1H. The maximum Gasteiger partial charge on any atom is 0.422 e. The molecule has 2 rings (SSSR count). The fraction of sp³-hybridized carbons (Fsp3) is 0.700. The van der Waals surface area contributed by atoms with Gasteiger partial charge in [0.15, 0.2) is 12.6 Å². The summed E-state index contributed by atoms with van der Waals surface area (Å²) in [5.41, 5.74) is 0.708. The van der Waals surface area contributed by atoms with Crippen molar-refractivity contribution in [1.82, 2.24) is 15.6 Å². The molecule has 0 bridgehead atoms. The van der Waals surface area contributed by atoms with Gasteiger partial charge in [0, 0.05) is 51.8 Å². The summed E-state index contributed by atoms with van der Waals surface area (Å²) in [7, 11) is 0. The number of pyridine rings is 1. The van der Waals surface area contributed by atoms with Gasteiger partial charge >= 0.3 is 6.18 Å². The normalized spacial score (nSPS) is 15.3. The van der Waals surface area contributed by atoms with Gasteiger partial charge < -0.3 is 24.8 Å². The summed E-state index contributed by atoms with van der Waals surface area (Å²) >= 11 is 0. The van der Waals surface area contributed by atoms with Crippen LogP contribution in [0.3, 0.4) is 0 Å². The molecule has 0 amide bonds. The van der Waals surface area contributed by atoms with Crippen LogP contribution in [-0.2, 0) is 16.0 Å². The van der Waals surface area contributed by atoms with Gasteiger partial charge in [-0.05, 0) is 43.7 Å². The van der Waals surface area contributed by atoms with Gasteiger partial charge in [-0.1, -0.05) is 0 Å². The van der Waals surface area contributed by atoms with Crippen LogP contribution in [0.4, 0.5) is 13.2 Å². The molecule has 31 heavy (non-hydrogen) atoms.